The van der Waals surface area contributed by atoms with Gasteiger partial charge >= 0.3 is 0 Å². The molecule has 2 aromatic carbocycles. The maximum Gasteiger partial charge on any atom is 0.276 e. The smallest absolute Gasteiger partial charge is 0.276 e. The van der Waals surface area contributed by atoms with Gasteiger partial charge in [0, 0.05) is 10.6 Å². The van der Waals surface area contributed by atoms with E-state index >= 15 is 0 Å². The molecule has 0 atom stereocenters. The first-order valence-electron chi connectivity index (χ1n) is 8.51. The Kier molecular flexibility index (Phi) is 5.12. The molecular weight excluding hydrogens is 414 g/mol. The van der Waals surface area contributed by atoms with Crippen LogP contribution in [0.2, 0.25) is 5.02 Å². The van der Waals surface area contributed by atoms with Gasteiger partial charge in [-0.05, 0) is 48.0 Å². The number of thiazole rings is 1. The number of aromatic nitrogens is 3. The molecule has 7 nitrogen and oxygen atoms in total. The molecule has 0 N–H and O–H groups in total. The van der Waals surface area contributed by atoms with Gasteiger partial charge in [-0.15, -0.1) is 10.2 Å². The maximum absolute atomic E-state index is 13.0. The molecule has 0 saturated heterocycles. The second kappa shape index (κ2) is 7.73. The molecule has 2 aromatic heterocycles. The molecule has 0 fully saturated rings. The van der Waals surface area contributed by atoms with Crippen LogP contribution in [0.4, 0.5) is 0 Å². The van der Waals surface area contributed by atoms with Crippen molar-refractivity contribution in [1.29, 1.82) is 0 Å². The molecule has 0 bridgehead atoms. The Morgan fingerprint density at radius 2 is 1.66 bits per heavy atom. The van der Waals surface area contributed by atoms with Gasteiger partial charge in [-0.1, -0.05) is 22.9 Å². The van der Waals surface area contributed by atoms with Crippen LogP contribution in [0.1, 0.15) is 5.56 Å². The predicted octanol–water partition coefficient (Wildman–Crippen LogP) is 3.04. The molecule has 148 valence electrons. The monoisotopic (exact) mass is 429 g/mol. The SMILES string of the molecule is COc1cc(/C=c2\sc3nnc(-c4ccc(Cl)cc4)n3c2=O)cc(OC)c1OC. The molecule has 0 spiro atoms. The van der Waals surface area contributed by atoms with Crippen molar-refractivity contribution < 1.29 is 14.2 Å². The van der Waals surface area contributed by atoms with Gasteiger partial charge in [0.2, 0.25) is 10.7 Å². The number of hydrogen-bond donors (Lipinski definition) is 0. The Labute approximate surface area is 174 Å². The van der Waals surface area contributed by atoms with Crippen molar-refractivity contribution in [2.75, 3.05) is 21.3 Å². The van der Waals surface area contributed by atoms with Crippen molar-refractivity contribution in [3.8, 4) is 28.6 Å². The van der Waals surface area contributed by atoms with Crippen LogP contribution in [0, 0.1) is 0 Å². The zero-order chi connectivity index (χ0) is 20.5. The number of hydrogen-bond acceptors (Lipinski definition) is 7. The van der Waals surface area contributed by atoms with E-state index in [0.29, 0.717) is 37.6 Å². The Hall–Kier alpha value is -3.10. The minimum absolute atomic E-state index is 0.200. The third-order valence-electron chi connectivity index (χ3n) is 4.34. The quantitative estimate of drug-likeness (QED) is 0.485. The topological polar surface area (TPSA) is 75.0 Å². The summed E-state index contributed by atoms with van der Waals surface area (Å²) >= 11 is 7.21. The van der Waals surface area contributed by atoms with Gasteiger partial charge in [-0.25, -0.2) is 4.40 Å². The molecule has 0 unspecified atom stereocenters. The first-order chi connectivity index (χ1) is 14.0. The first kappa shape index (κ1) is 19.2. The minimum atomic E-state index is -0.200. The third-order valence-corrected chi connectivity index (χ3v) is 5.55. The van der Waals surface area contributed by atoms with Gasteiger partial charge in [0.1, 0.15) is 0 Å². The van der Waals surface area contributed by atoms with Crippen LogP contribution >= 0.6 is 22.9 Å². The van der Waals surface area contributed by atoms with E-state index in [1.54, 1.807) is 63.8 Å². The number of methoxy groups -OCH3 is 3. The van der Waals surface area contributed by atoms with E-state index in [4.69, 9.17) is 25.8 Å². The van der Waals surface area contributed by atoms with Crippen molar-refractivity contribution in [3.63, 3.8) is 0 Å². The summed E-state index contributed by atoms with van der Waals surface area (Å²) in [5.74, 6) is 1.98. The van der Waals surface area contributed by atoms with Gasteiger partial charge in [-0.2, -0.15) is 0 Å². The highest BCUT2D eigenvalue weighted by atomic mass is 35.5. The van der Waals surface area contributed by atoms with Gasteiger partial charge in [0.15, 0.2) is 17.3 Å². The van der Waals surface area contributed by atoms with Crippen LogP contribution in [-0.4, -0.2) is 35.9 Å². The molecule has 0 aliphatic rings. The molecular formula is C20H16ClN3O4S. The maximum atomic E-state index is 13.0. The normalized spacial score (nSPS) is 11.8. The Bertz CT molecular complexity index is 1270. The van der Waals surface area contributed by atoms with Crippen LogP contribution < -0.4 is 24.3 Å². The average Bonchev–Trinajstić information content (AvgIpc) is 3.28. The summed E-state index contributed by atoms with van der Waals surface area (Å²) in [6.07, 6.45) is 1.76. The fourth-order valence-corrected chi connectivity index (χ4v) is 4.02. The van der Waals surface area contributed by atoms with Crippen LogP contribution in [0.15, 0.2) is 41.2 Å². The van der Waals surface area contributed by atoms with E-state index < -0.39 is 0 Å². The predicted molar refractivity (Wildman–Crippen MR) is 112 cm³/mol. The van der Waals surface area contributed by atoms with E-state index in [2.05, 4.69) is 10.2 Å². The summed E-state index contributed by atoms with van der Waals surface area (Å²) in [7, 11) is 4.63. The summed E-state index contributed by atoms with van der Waals surface area (Å²) in [5, 5.41) is 8.91. The third kappa shape index (κ3) is 3.41. The van der Waals surface area contributed by atoms with Crippen LogP contribution in [-0.2, 0) is 0 Å². The van der Waals surface area contributed by atoms with Gasteiger partial charge in [0.25, 0.3) is 5.56 Å². The van der Waals surface area contributed by atoms with E-state index in [1.165, 1.54) is 15.7 Å². The van der Waals surface area contributed by atoms with E-state index in [-0.39, 0.29) is 5.56 Å². The fourth-order valence-electron chi connectivity index (χ4n) is 2.98. The highest BCUT2D eigenvalue weighted by Crippen LogP contribution is 2.38. The van der Waals surface area contributed by atoms with Gasteiger partial charge in [0.05, 0.1) is 25.9 Å². The Balaban J connectivity index is 1.87. The van der Waals surface area contributed by atoms with E-state index in [9.17, 15) is 4.79 Å². The first-order valence-corrected chi connectivity index (χ1v) is 9.70. The van der Waals surface area contributed by atoms with Crippen LogP contribution in [0.25, 0.3) is 22.4 Å². The highest BCUT2D eigenvalue weighted by Gasteiger charge is 2.16. The van der Waals surface area contributed by atoms with Crippen LogP contribution in [0.3, 0.4) is 0 Å². The Morgan fingerprint density at radius 3 is 2.24 bits per heavy atom. The van der Waals surface area contributed by atoms with Gasteiger partial charge in [-0.3, -0.25) is 4.79 Å². The standard InChI is InChI=1S/C20H16ClN3O4S/c1-26-14-8-11(9-15(27-2)17(14)28-3)10-16-19(25)24-18(22-23-20(24)29-16)12-4-6-13(21)7-5-12/h4-10H,1-3H3/b16-10-. The molecule has 0 amide bonds. The number of nitrogens with zero attached hydrogens (tertiary/aromatic N) is 3. The van der Waals surface area contributed by atoms with Crippen molar-refractivity contribution in [2.24, 2.45) is 0 Å². The lowest BCUT2D eigenvalue weighted by atomic mass is 10.1. The van der Waals surface area contributed by atoms with Crippen molar-refractivity contribution in [2.45, 2.75) is 0 Å². The lowest BCUT2D eigenvalue weighted by Crippen LogP contribution is -2.23. The second-order valence-corrected chi connectivity index (χ2v) is 7.47. The molecule has 0 aliphatic heterocycles. The lowest BCUT2D eigenvalue weighted by molar-refractivity contribution is 0.324. The second-order valence-electron chi connectivity index (χ2n) is 6.02. The number of fused-ring (bicyclic) bond motifs is 1. The number of benzene rings is 2. The molecule has 2 heterocycles. The summed E-state index contributed by atoms with van der Waals surface area (Å²) in [6, 6.07) is 10.7. The average molecular weight is 430 g/mol. The van der Waals surface area contributed by atoms with Crippen LogP contribution in [0.5, 0.6) is 17.2 Å². The molecule has 4 aromatic rings. The Morgan fingerprint density at radius 1 is 1.00 bits per heavy atom. The van der Waals surface area contributed by atoms with Gasteiger partial charge < -0.3 is 14.2 Å². The lowest BCUT2D eigenvalue weighted by Gasteiger charge is -2.12. The molecule has 29 heavy (non-hydrogen) atoms. The molecule has 0 aliphatic carbocycles. The summed E-state index contributed by atoms with van der Waals surface area (Å²) < 4.78 is 18.1. The zero-order valence-corrected chi connectivity index (χ0v) is 17.4. The van der Waals surface area contributed by atoms with E-state index in [0.717, 1.165) is 11.1 Å². The molecule has 4 rings (SSSR count). The number of rotatable bonds is 5. The van der Waals surface area contributed by atoms with Crippen molar-refractivity contribution in [3.05, 3.63) is 61.9 Å². The molecule has 0 saturated carbocycles. The summed E-state index contributed by atoms with van der Waals surface area (Å²) in [6.45, 7) is 0. The number of ether oxygens (including phenoxy) is 3. The summed E-state index contributed by atoms with van der Waals surface area (Å²) in [5.41, 5.74) is 1.30. The largest absolute Gasteiger partial charge is 0.493 e. The summed E-state index contributed by atoms with van der Waals surface area (Å²) in [4.78, 5) is 13.5. The van der Waals surface area contributed by atoms with Crippen molar-refractivity contribution >= 4 is 34.0 Å². The molecule has 0 radical (unpaired) electrons. The highest BCUT2D eigenvalue weighted by molar-refractivity contribution is 7.15. The molecule has 9 heteroatoms. The van der Waals surface area contributed by atoms with E-state index in [1.807, 2.05) is 0 Å². The fraction of sp³-hybridized carbons (Fsp3) is 0.150. The van der Waals surface area contributed by atoms with Crippen molar-refractivity contribution in [1.82, 2.24) is 14.6 Å². The minimum Gasteiger partial charge on any atom is -0.493 e. The number of halogens is 1. The zero-order valence-electron chi connectivity index (χ0n) is 15.8.